The van der Waals surface area contributed by atoms with Crippen LogP contribution in [0.2, 0.25) is 0 Å². The van der Waals surface area contributed by atoms with E-state index in [0.717, 1.165) is 18.4 Å². The van der Waals surface area contributed by atoms with Crippen molar-refractivity contribution in [1.82, 2.24) is 14.9 Å². The van der Waals surface area contributed by atoms with Gasteiger partial charge in [0.15, 0.2) is 5.78 Å². The Hall–Kier alpha value is -4.33. The number of hydrogen-bond donors (Lipinski definition) is 2. The molecule has 1 aliphatic carbocycles. The average Bonchev–Trinajstić information content (AvgIpc) is 3.39. The molecule has 17 nitrogen and oxygen atoms in total. The van der Waals surface area contributed by atoms with E-state index in [0.29, 0.717) is 69.4 Å². The van der Waals surface area contributed by atoms with Crippen LogP contribution in [-0.4, -0.2) is 150 Å². The smallest absolute Gasteiger partial charge is 0.329 e. The Bertz CT molecular complexity index is 2180. The summed E-state index contributed by atoms with van der Waals surface area (Å²) in [6, 6.07) is -1.14. The molecule has 1 aromatic heterocycles. The summed E-state index contributed by atoms with van der Waals surface area (Å²) in [5.41, 5.74) is 1.83. The van der Waals surface area contributed by atoms with Gasteiger partial charge in [0.2, 0.25) is 5.79 Å². The number of nitrogens with zero attached hydrogens (tertiary/aromatic N) is 3. The number of piperidine rings is 1. The van der Waals surface area contributed by atoms with Crippen LogP contribution in [0, 0.1) is 41.4 Å². The van der Waals surface area contributed by atoms with Crippen molar-refractivity contribution in [3.05, 3.63) is 71.9 Å². The standard InChI is InChI=1S/C57H83N3O14/c1-34-14-11-10-12-15-35(2)47(72-33-41-32-58-21-22-59-41)30-42-19-17-39(6)57(67,74-42)54(64)55(65)60-23-13-16-43-44(28-40-18-20-46(49(29-40)69-8)71-25-24-68-7)48(73-56(66)50(43)60)31-45(61)36(3)27-38(5)52(63)53(70-9)51(62)37(4)26-34/h10-12,14-15,21-22,27,32,34,36-37,39-40,42-44,46-50,52-53,63,67H,13,16-20,23-26,28-31,33H2,1-9H3/b12-10+,14-11+,35-15+,38-27+/t34-,36-,37-,39-,40+,42+,43-,44?,46-,47?,48+,49-,50?,52-,53+,57-/m1/s1. The molecule has 1 saturated carbocycles. The summed E-state index contributed by atoms with van der Waals surface area (Å²) in [5.74, 6) is -8.59. The Morgan fingerprint density at radius 2 is 1.64 bits per heavy atom. The van der Waals surface area contributed by atoms with Gasteiger partial charge in [-0.05, 0) is 101 Å². The van der Waals surface area contributed by atoms with Crippen LogP contribution in [0.25, 0.3) is 0 Å². The summed E-state index contributed by atoms with van der Waals surface area (Å²) in [6.45, 7) is 11.9. The minimum Gasteiger partial charge on any atom is -0.460 e. The van der Waals surface area contributed by atoms with E-state index < -0.39 is 89.6 Å². The van der Waals surface area contributed by atoms with Crippen LogP contribution in [0.3, 0.4) is 0 Å². The molecule has 0 radical (unpaired) electrons. The summed E-state index contributed by atoms with van der Waals surface area (Å²) in [6.07, 6.45) is 16.2. The number of amides is 1. The van der Waals surface area contributed by atoms with Gasteiger partial charge in [0.1, 0.15) is 30.1 Å². The van der Waals surface area contributed by atoms with Crippen LogP contribution in [-0.2, 0) is 63.7 Å². The van der Waals surface area contributed by atoms with Crippen molar-refractivity contribution in [2.45, 2.75) is 173 Å². The number of carbonyl (C=O) groups is 5. The van der Waals surface area contributed by atoms with Gasteiger partial charge in [0.05, 0.1) is 56.1 Å². The van der Waals surface area contributed by atoms with E-state index >= 15 is 0 Å². The lowest BCUT2D eigenvalue weighted by molar-refractivity contribution is -0.266. The number of ketones is 3. The monoisotopic (exact) mass is 1030 g/mol. The largest absolute Gasteiger partial charge is 0.460 e. The van der Waals surface area contributed by atoms with Crippen LogP contribution >= 0.6 is 0 Å². The molecule has 4 fully saturated rings. The quantitative estimate of drug-likeness (QED) is 0.106. The SMILES string of the molecule is COCCO[C@@H]1CC[C@@H](CC2[C@H]3CCCN4C(=O)C(=O)[C@]5(O)O[C@@H](CC[C@H]5C)CC(OCc5cnccn5)/C(C)=C/C=C/C=C/[C@@H](C)C[C@@H](C)C(=O)[C@H](OC)[C@H](O)/C(C)=C/[C@@H](C)C(=O)C[C@@H]2OC(=O)C34)C[C@H]1OC. The topological polar surface area (TPSA) is 219 Å². The van der Waals surface area contributed by atoms with Gasteiger partial charge >= 0.3 is 5.97 Å². The number of esters is 1. The highest BCUT2D eigenvalue weighted by Gasteiger charge is 2.57. The molecule has 410 valence electrons. The zero-order valence-electron chi connectivity index (χ0n) is 45.1. The van der Waals surface area contributed by atoms with Crippen molar-refractivity contribution in [2.75, 3.05) is 41.1 Å². The lowest BCUT2D eigenvalue weighted by atomic mass is 9.68. The normalized spacial score (nSPS) is 38.9. The van der Waals surface area contributed by atoms with Gasteiger partial charge in [0.25, 0.3) is 11.7 Å². The number of Topliss-reactive ketones (excluding diaryl/α,β-unsaturated/α-hetero) is 3. The number of aromatic nitrogens is 2. The number of hydrogen-bond acceptors (Lipinski definition) is 16. The Balaban J connectivity index is 1.34. The van der Waals surface area contributed by atoms with E-state index in [1.807, 2.05) is 51.2 Å². The molecule has 1 aromatic rings. The molecule has 16 atom stereocenters. The molecule has 3 unspecified atom stereocenters. The third kappa shape index (κ3) is 14.8. The summed E-state index contributed by atoms with van der Waals surface area (Å²) < 4.78 is 42.0. The third-order valence-corrected chi connectivity index (χ3v) is 16.3. The molecular weight excluding hydrogens is 951 g/mol. The molecule has 5 aliphatic rings. The van der Waals surface area contributed by atoms with Crippen molar-refractivity contribution < 1.29 is 67.3 Å². The molecule has 0 spiro atoms. The van der Waals surface area contributed by atoms with Gasteiger partial charge in [0, 0.05) is 76.8 Å². The number of allylic oxidation sites excluding steroid dienone is 6. The zero-order valence-corrected chi connectivity index (χ0v) is 45.1. The molecule has 2 N–H and O–H groups in total. The maximum Gasteiger partial charge on any atom is 0.329 e. The molecule has 3 saturated heterocycles. The number of fused-ring (bicyclic) bond motifs is 4. The number of rotatable bonds is 11. The summed E-state index contributed by atoms with van der Waals surface area (Å²) >= 11 is 0. The van der Waals surface area contributed by atoms with Crippen LogP contribution in [0.5, 0.6) is 0 Å². The van der Waals surface area contributed by atoms with Gasteiger partial charge < -0.3 is 48.3 Å². The molecular formula is C57H83N3O14. The Morgan fingerprint density at radius 3 is 2.35 bits per heavy atom. The van der Waals surface area contributed by atoms with Crippen molar-refractivity contribution in [1.29, 1.82) is 0 Å². The molecule has 74 heavy (non-hydrogen) atoms. The highest BCUT2D eigenvalue weighted by Crippen LogP contribution is 2.45. The van der Waals surface area contributed by atoms with Crippen molar-refractivity contribution in [2.24, 2.45) is 41.4 Å². The fraction of sp³-hybridized carbons (Fsp3) is 0.702. The lowest BCUT2D eigenvalue weighted by Gasteiger charge is -2.50. The Kier molecular flexibility index (Phi) is 22.0. The highest BCUT2D eigenvalue weighted by molar-refractivity contribution is 6.39. The summed E-state index contributed by atoms with van der Waals surface area (Å²) in [7, 11) is 4.67. The number of methoxy groups -OCH3 is 3. The molecule has 17 heteroatoms. The Labute approximate surface area is 437 Å². The first-order valence-electron chi connectivity index (χ1n) is 26.8. The Morgan fingerprint density at radius 1 is 0.851 bits per heavy atom. The van der Waals surface area contributed by atoms with Gasteiger partial charge in [-0.1, -0.05) is 64.2 Å². The number of carbonyl (C=O) groups excluding carboxylic acids is 5. The van der Waals surface area contributed by atoms with Crippen molar-refractivity contribution >= 4 is 29.2 Å². The van der Waals surface area contributed by atoms with E-state index in [9.17, 15) is 34.2 Å². The first-order chi connectivity index (χ1) is 35.4. The predicted octanol–water partition coefficient (Wildman–Crippen LogP) is 6.43. The molecule has 4 aliphatic heterocycles. The third-order valence-electron chi connectivity index (χ3n) is 16.3. The maximum absolute atomic E-state index is 14.7. The van der Waals surface area contributed by atoms with Gasteiger partial charge in [-0.3, -0.25) is 29.1 Å². The molecule has 5 heterocycles. The van der Waals surface area contributed by atoms with Crippen LogP contribution in [0.4, 0.5) is 0 Å². The van der Waals surface area contributed by atoms with E-state index in [2.05, 4.69) is 9.97 Å². The van der Waals surface area contributed by atoms with Crippen molar-refractivity contribution in [3.8, 4) is 0 Å². The fourth-order valence-corrected chi connectivity index (χ4v) is 11.9. The second-order valence-electron chi connectivity index (χ2n) is 21.6. The highest BCUT2D eigenvalue weighted by atomic mass is 16.6. The van der Waals surface area contributed by atoms with E-state index in [4.69, 9.17) is 33.2 Å². The second kappa shape index (κ2) is 27.6. The summed E-state index contributed by atoms with van der Waals surface area (Å²) in [4.78, 5) is 81.8. The van der Waals surface area contributed by atoms with Crippen molar-refractivity contribution in [3.63, 3.8) is 0 Å². The van der Waals surface area contributed by atoms with Crippen LogP contribution in [0.15, 0.2) is 66.2 Å². The van der Waals surface area contributed by atoms with Gasteiger partial charge in [-0.15, -0.1) is 0 Å². The molecule has 1 amide bonds. The number of ether oxygens (including phenoxy) is 7. The maximum atomic E-state index is 14.7. The number of aliphatic hydroxyl groups is 2. The van der Waals surface area contributed by atoms with Crippen LogP contribution in [0.1, 0.15) is 118 Å². The summed E-state index contributed by atoms with van der Waals surface area (Å²) in [5, 5.41) is 23.9. The predicted molar refractivity (Wildman–Crippen MR) is 274 cm³/mol. The first-order valence-corrected chi connectivity index (χ1v) is 26.8. The van der Waals surface area contributed by atoms with E-state index in [1.165, 1.54) is 12.0 Å². The average molecular weight is 1030 g/mol. The van der Waals surface area contributed by atoms with Crippen LogP contribution < -0.4 is 0 Å². The van der Waals surface area contributed by atoms with E-state index in [-0.39, 0.29) is 61.6 Å². The van der Waals surface area contributed by atoms with Gasteiger partial charge in [-0.2, -0.15) is 0 Å². The lowest BCUT2D eigenvalue weighted by Crippen LogP contribution is -2.65. The minimum atomic E-state index is -2.49. The molecule has 0 aromatic carbocycles. The van der Waals surface area contributed by atoms with Gasteiger partial charge in [-0.25, -0.2) is 4.79 Å². The van der Waals surface area contributed by atoms with E-state index in [1.54, 1.807) is 59.7 Å². The zero-order chi connectivity index (χ0) is 53.7. The molecule has 4 bridgehead atoms. The minimum absolute atomic E-state index is 0.00765. The second-order valence-corrected chi connectivity index (χ2v) is 21.6. The first kappa shape index (κ1) is 58.9. The fourth-order valence-electron chi connectivity index (χ4n) is 11.9. The molecule has 6 rings (SSSR count). The number of aliphatic hydroxyl groups excluding tert-OH is 1.